The standard InChI is InChI=1S/C12H26O2.C5H2N2O2/c13-11-9-7-5-3-1-2-4-6-8-10-12-14;6-2-1-4(3-7)5(8)9/h13-14H,1-12H2;1H,(H,8,9). The third-order valence-corrected chi connectivity index (χ3v) is 3.13. The molecule has 3 N–H and O–H groups in total. The lowest BCUT2D eigenvalue weighted by Crippen LogP contribution is -1.96. The van der Waals surface area contributed by atoms with Gasteiger partial charge in [-0.3, -0.25) is 0 Å². The van der Waals surface area contributed by atoms with Gasteiger partial charge in [0.15, 0.2) is 0 Å². The highest BCUT2D eigenvalue weighted by atomic mass is 16.4. The van der Waals surface area contributed by atoms with E-state index in [9.17, 15) is 4.79 Å². The molecule has 0 radical (unpaired) electrons. The fraction of sp³-hybridized carbons (Fsp3) is 0.706. The topological polar surface area (TPSA) is 125 Å². The Morgan fingerprint density at radius 1 is 0.783 bits per heavy atom. The molecule has 0 aliphatic heterocycles. The third kappa shape index (κ3) is 20.1. The zero-order valence-corrected chi connectivity index (χ0v) is 13.7. The largest absolute Gasteiger partial charge is 0.477 e. The highest BCUT2D eigenvalue weighted by molar-refractivity contribution is 5.91. The van der Waals surface area contributed by atoms with Crippen LogP contribution in [0.4, 0.5) is 0 Å². The molecule has 0 aromatic carbocycles. The van der Waals surface area contributed by atoms with Gasteiger partial charge in [-0.25, -0.2) is 4.79 Å². The van der Waals surface area contributed by atoms with Crippen LogP contribution < -0.4 is 0 Å². The summed E-state index contributed by atoms with van der Waals surface area (Å²) in [5, 5.41) is 41.1. The number of unbranched alkanes of at least 4 members (excludes halogenated alkanes) is 9. The van der Waals surface area contributed by atoms with Gasteiger partial charge in [0.1, 0.15) is 11.6 Å². The van der Waals surface area contributed by atoms with Gasteiger partial charge in [0, 0.05) is 19.3 Å². The molecule has 0 aliphatic rings. The number of hydrogen-bond donors (Lipinski definition) is 3. The fourth-order valence-corrected chi connectivity index (χ4v) is 1.84. The van der Waals surface area contributed by atoms with Crippen LogP contribution in [0, 0.1) is 22.7 Å². The van der Waals surface area contributed by atoms with Crippen molar-refractivity contribution in [2.75, 3.05) is 13.2 Å². The van der Waals surface area contributed by atoms with Crippen LogP contribution in [0.15, 0.2) is 11.6 Å². The second-order valence-corrected chi connectivity index (χ2v) is 5.09. The number of hydrogen-bond acceptors (Lipinski definition) is 5. The Hall–Kier alpha value is -1.89. The maximum absolute atomic E-state index is 9.88. The minimum atomic E-state index is -1.38. The van der Waals surface area contributed by atoms with Crippen LogP contribution in [0.2, 0.25) is 0 Å². The molecule has 0 rings (SSSR count). The van der Waals surface area contributed by atoms with E-state index < -0.39 is 11.5 Å². The van der Waals surface area contributed by atoms with Crippen LogP contribution >= 0.6 is 0 Å². The van der Waals surface area contributed by atoms with Crippen molar-refractivity contribution in [1.82, 2.24) is 0 Å². The van der Waals surface area contributed by atoms with Gasteiger partial charge < -0.3 is 15.3 Å². The molecule has 23 heavy (non-hydrogen) atoms. The molecule has 130 valence electrons. The summed E-state index contributed by atoms with van der Waals surface area (Å²) in [6.45, 7) is 0.697. The number of carboxylic acid groups (broad SMARTS) is 1. The predicted molar refractivity (Wildman–Crippen MR) is 87.3 cm³/mol. The number of rotatable bonds is 12. The van der Waals surface area contributed by atoms with Gasteiger partial charge in [0.2, 0.25) is 0 Å². The van der Waals surface area contributed by atoms with Crippen molar-refractivity contribution in [3.63, 3.8) is 0 Å². The predicted octanol–water partition coefficient (Wildman–Crippen LogP) is 2.92. The van der Waals surface area contributed by atoms with Crippen molar-refractivity contribution in [2.24, 2.45) is 0 Å². The molecule has 0 aromatic rings. The van der Waals surface area contributed by atoms with E-state index in [0.717, 1.165) is 12.8 Å². The maximum atomic E-state index is 9.88. The first-order valence-corrected chi connectivity index (χ1v) is 8.08. The molecular formula is C17H28N2O4. The van der Waals surface area contributed by atoms with E-state index in [1.807, 2.05) is 0 Å². The lowest BCUT2D eigenvalue weighted by atomic mass is 10.1. The Labute approximate surface area is 138 Å². The summed E-state index contributed by atoms with van der Waals surface area (Å²) in [6, 6.07) is 2.78. The molecule has 0 aliphatic carbocycles. The van der Waals surface area contributed by atoms with Crippen LogP contribution in [-0.4, -0.2) is 34.5 Å². The number of carboxylic acids is 1. The summed E-state index contributed by atoms with van der Waals surface area (Å²) in [7, 11) is 0. The van der Waals surface area contributed by atoms with Crippen LogP contribution in [0.25, 0.3) is 0 Å². The quantitative estimate of drug-likeness (QED) is 0.288. The van der Waals surface area contributed by atoms with E-state index in [0.29, 0.717) is 19.3 Å². The average Bonchev–Trinajstić information content (AvgIpc) is 2.54. The second kappa shape index (κ2) is 20.1. The maximum Gasteiger partial charge on any atom is 0.347 e. The monoisotopic (exact) mass is 324 g/mol. The Kier molecular flexibility index (Phi) is 20.4. The lowest BCUT2D eigenvalue weighted by molar-refractivity contribution is -0.132. The van der Waals surface area contributed by atoms with Crippen molar-refractivity contribution in [1.29, 1.82) is 10.5 Å². The van der Waals surface area contributed by atoms with Gasteiger partial charge in [-0.2, -0.15) is 10.5 Å². The van der Waals surface area contributed by atoms with Gasteiger partial charge in [-0.1, -0.05) is 51.4 Å². The van der Waals surface area contributed by atoms with E-state index in [4.69, 9.17) is 25.8 Å². The fourth-order valence-electron chi connectivity index (χ4n) is 1.84. The molecule has 0 spiro atoms. The molecule has 0 unspecified atom stereocenters. The van der Waals surface area contributed by atoms with Crippen molar-refractivity contribution in [3.05, 3.63) is 11.6 Å². The first kappa shape index (κ1) is 23.4. The zero-order valence-electron chi connectivity index (χ0n) is 13.7. The van der Waals surface area contributed by atoms with Crippen LogP contribution in [0.1, 0.15) is 64.2 Å². The molecule has 6 nitrogen and oxygen atoms in total. The van der Waals surface area contributed by atoms with Crippen molar-refractivity contribution < 1.29 is 20.1 Å². The van der Waals surface area contributed by atoms with E-state index in [2.05, 4.69) is 0 Å². The van der Waals surface area contributed by atoms with Crippen molar-refractivity contribution in [2.45, 2.75) is 64.2 Å². The summed E-state index contributed by atoms with van der Waals surface area (Å²) < 4.78 is 0. The van der Waals surface area contributed by atoms with E-state index in [1.165, 1.54) is 63.5 Å². The molecule has 0 heterocycles. The Morgan fingerprint density at radius 2 is 1.13 bits per heavy atom. The average molecular weight is 324 g/mol. The second-order valence-electron chi connectivity index (χ2n) is 5.09. The summed E-state index contributed by atoms with van der Waals surface area (Å²) in [4.78, 5) is 9.88. The number of allylic oxidation sites excluding steroid dienone is 1. The van der Waals surface area contributed by atoms with E-state index >= 15 is 0 Å². The molecule has 0 fully saturated rings. The Balaban J connectivity index is 0. The number of nitrogens with zero attached hydrogens (tertiary/aromatic N) is 2. The van der Waals surface area contributed by atoms with Gasteiger partial charge in [0.25, 0.3) is 0 Å². The van der Waals surface area contributed by atoms with Gasteiger partial charge >= 0.3 is 5.97 Å². The number of aliphatic carboxylic acids is 1. The lowest BCUT2D eigenvalue weighted by Gasteiger charge is -2.01. The molecule has 0 bridgehead atoms. The minimum absolute atomic E-state index is 0.348. The van der Waals surface area contributed by atoms with E-state index in [1.54, 1.807) is 0 Å². The number of aliphatic hydroxyl groups excluding tert-OH is 2. The molecule has 0 aromatic heterocycles. The van der Waals surface area contributed by atoms with Gasteiger partial charge in [-0.15, -0.1) is 0 Å². The highest BCUT2D eigenvalue weighted by Crippen LogP contribution is 2.10. The van der Waals surface area contributed by atoms with Crippen LogP contribution in [0.3, 0.4) is 0 Å². The molecule has 0 saturated carbocycles. The molecule has 6 heteroatoms. The normalized spacial score (nSPS) is 10.2. The molecule has 0 atom stereocenters. The first-order chi connectivity index (χ1) is 11.1. The number of carbonyl (C=O) groups is 1. The minimum Gasteiger partial charge on any atom is -0.477 e. The molecular weight excluding hydrogens is 296 g/mol. The third-order valence-electron chi connectivity index (χ3n) is 3.13. The zero-order chi connectivity index (χ0) is 17.8. The van der Waals surface area contributed by atoms with Crippen LogP contribution in [0.5, 0.6) is 0 Å². The Bertz CT molecular complexity index is 382. The first-order valence-electron chi connectivity index (χ1n) is 8.08. The number of aliphatic hydroxyl groups is 2. The summed E-state index contributed by atoms with van der Waals surface area (Å²) in [5.41, 5.74) is -0.544. The van der Waals surface area contributed by atoms with Gasteiger partial charge in [0.05, 0.1) is 6.07 Å². The van der Waals surface area contributed by atoms with Gasteiger partial charge in [-0.05, 0) is 12.8 Å². The summed E-state index contributed by atoms with van der Waals surface area (Å²) in [5.74, 6) is -1.38. The van der Waals surface area contributed by atoms with Crippen molar-refractivity contribution >= 4 is 5.97 Å². The van der Waals surface area contributed by atoms with Crippen LogP contribution in [-0.2, 0) is 4.79 Å². The summed E-state index contributed by atoms with van der Waals surface area (Å²) in [6.07, 6.45) is 12.8. The smallest absolute Gasteiger partial charge is 0.347 e. The molecule has 0 saturated heterocycles. The van der Waals surface area contributed by atoms with Crippen molar-refractivity contribution in [3.8, 4) is 12.1 Å². The molecule has 0 amide bonds. The Morgan fingerprint density at radius 3 is 1.30 bits per heavy atom. The van der Waals surface area contributed by atoms with E-state index in [-0.39, 0.29) is 0 Å². The highest BCUT2D eigenvalue weighted by Gasteiger charge is 2.02. The summed E-state index contributed by atoms with van der Waals surface area (Å²) >= 11 is 0. The number of nitriles is 2. The SMILES string of the molecule is N#CC=C(C#N)C(=O)O.OCCCCCCCCCCCCO.